The summed E-state index contributed by atoms with van der Waals surface area (Å²) < 4.78 is 12.7. The van der Waals surface area contributed by atoms with Crippen LogP contribution in [0.3, 0.4) is 0 Å². The predicted octanol–water partition coefficient (Wildman–Crippen LogP) is 1.02. The highest BCUT2D eigenvalue weighted by Gasteiger charge is 2.28. The molecule has 0 bridgehead atoms. The van der Waals surface area contributed by atoms with Crippen LogP contribution >= 0.6 is 11.8 Å². The lowest BCUT2D eigenvalue weighted by Crippen LogP contribution is -2.28. The number of carbonyl (C=O) groups is 3. The molecule has 164 valence electrons. The molecule has 13 heteroatoms. The number of thioether (sulfide) groups is 1. The van der Waals surface area contributed by atoms with Crippen LogP contribution in [-0.4, -0.2) is 61.4 Å². The normalized spacial score (nSPS) is 11.7. The molecule has 0 aliphatic rings. The maximum absolute atomic E-state index is 13.0. The Morgan fingerprint density at radius 2 is 1.90 bits per heavy atom. The summed E-state index contributed by atoms with van der Waals surface area (Å²) >= 11 is 1.07. The first-order valence-electron chi connectivity index (χ1n) is 9.32. The average molecular weight is 439 g/mol. The van der Waals surface area contributed by atoms with Gasteiger partial charge in [-0.1, -0.05) is 18.7 Å². The van der Waals surface area contributed by atoms with Crippen molar-refractivity contribution in [2.24, 2.45) is 7.05 Å². The molecule has 0 saturated heterocycles. The topological polar surface area (TPSA) is 156 Å². The Labute approximate surface area is 177 Å². The third-order valence-corrected chi connectivity index (χ3v) is 4.91. The summed E-state index contributed by atoms with van der Waals surface area (Å²) in [6.07, 6.45) is 1.68. The third kappa shape index (κ3) is 5.28. The van der Waals surface area contributed by atoms with Crippen molar-refractivity contribution < 1.29 is 23.9 Å². The van der Waals surface area contributed by atoms with Crippen LogP contribution in [0.15, 0.2) is 11.4 Å². The number of carbonyl (C=O) groups excluding carboxylic acids is 3. The number of hydrogen-bond donors (Lipinski definition) is 2. The van der Waals surface area contributed by atoms with Gasteiger partial charge in [0.25, 0.3) is 0 Å². The first kappa shape index (κ1) is 23.2. The lowest BCUT2D eigenvalue weighted by Gasteiger charge is -2.19. The molecule has 2 rings (SSSR count). The van der Waals surface area contributed by atoms with Crippen LogP contribution in [0.1, 0.15) is 43.6 Å². The van der Waals surface area contributed by atoms with E-state index in [0.29, 0.717) is 11.6 Å². The Kier molecular flexibility index (Phi) is 8.21. The highest BCUT2D eigenvalue weighted by molar-refractivity contribution is 7.99. The van der Waals surface area contributed by atoms with Crippen LogP contribution in [0.4, 0.5) is 11.8 Å². The SMILES string of the molecule is CCOC(=O)CSc1nnc(N)n1C(CC)C(=O)Nc1c(C(=O)OCC)cnn1C. The first-order valence-corrected chi connectivity index (χ1v) is 10.3. The van der Waals surface area contributed by atoms with Gasteiger partial charge in [-0.05, 0) is 20.3 Å². The fraction of sp³-hybridized carbons (Fsp3) is 0.529. The van der Waals surface area contributed by atoms with Gasteiger partial charge in [0.2, 0.25) is 11.9 Å². The lowest BCUT2D eigenvalue weighted by atomic mass is 10.2. The van der Waals surface area contributed by atoms with E-state index in [1.54, 1.807) is 27.8 Å². The monoisotopic (exact) mass is 439 g/mol. The molecule has 2 aromatic heterocycles. The molecule has 0 radical (unpaired) electrons. The molecule has 0 fully saturated rings. The van der Waals surface area contributed by atoms with E-state index in [0.717, 1.165) is 11.8 Å². The number of nitrogens with two attached hydrogens (primary N) is 1. The Bertz CT molecular complexity index is 910. The van der Waals surface area contributed by atoms with E-state index in [4.69, 9.17) is 15.2 Å². The van der Waals surface area contributed by atoms with Crippen LogP contribution < -0.4 is 11.1 Å². The smallest absolute Gasteiger partial charge is 0.343 e. The van der Waals surface area contributed by atoms with Crippen LogP contribution in [0.5, 0.6) is 0 Å². The van der Waals surface area contributed by atoms with Crippen molar-refractivity contribution in [3.05, 3.63) is 11.8 Å². The summed E-state index contributed by atoms with van der Waals surface area (Å²) in [5, 5.41) is 14.8. The molecule has 0 aliphatic heterocycles. The molecule has 1 atom stereocenters. The maximum Gasteiger partial charge on any atom is 0.343 e. The van der Waals surface area contributed by atoms with Crippen molar-refractivity contribution in [3.8, 4) is 0 Å². The van der Waals surface area contributed by atoms with Gasteiger partial charge in [-0.25, -0.2) is 4.79 Å². The molecule has 0 aromatic carbocycles. The van der Waals surface area contributed by atoms with Crippen molar-refractivity contribution in [2.45, 2.75) is 38.4 Å². The molecule has 0 aliphatic carbocycles. The van der Waals surface area contributed by atoms with Crippen molar-refractivity contribution in [2.75, 3.05) is 30.0 Å². The Balaban J connectivity index is 2.24. The van der Waals surface area contributed by atoms with Crippen molar-refractivity contribution in [1.29, 1.82) is 0 Å². The Morgan fingerprint density at radius 3 is 2.53 bits per heavy atom. The van der Waals surface area contributed by atoms with Gasteiger partial charge in [0.15, 0.2) is 5.16 Å². The van der Waals surface area contributed by atoms with Crippen molar-refractivity contribution in [1.82, 2.24) is 24.5 Å². The van der Waals surface area contributed by atoms with Gasteiger partial charge in [-0.2, -0.15) is 5.10 Å². The molecule has 1 unspecified atom stereocenters. The van der Waals surface area contributed by atoms with Crippen LogP contribution in [0.25, 0.3) is 0 Å². The average Bonchev–Trinajstić information content (AvgIpc) is 3.25. The summed E-state index contributed by atoms with van der Waals surface area (Å²) in [5.74, 6) is -1.23. The fourth-order valence-electron chi connectivity index (χ4n) is 2.64. The highest BCUT2D eigenvalue weighted by Crippen LogP contribution is 2.27. The molecule has 1 amide bonds. The lowest BCUT2D eigenvalue weighted by molar-refractivity contribution is -0.139. The van der Waals surface area contributed by atoms with Gasteiger partial charge in [-0.15, -0.1) is 10.2 Å². The molecular formula is C17H25N7O5S. The van der Waals surface area contributed by atoms with Gasteiger partial charge < -0.3 is 20.5 Å². The number of aryl methyl sites for hydroxylation is 1. The summed E-state index contributed by atoms with van der Waals surface area (Å²) in [6.45, 7) is 5.64. The molecule has 30 heavy (non-hydrogen) atoms. The number of anilines is 2. The summed E-state index contributed by atoms with van der Waals surface area (Å²) in [5.41, 5.74) is 6.07. The van der Waals surface area contributed by atoms with Crippen LogP contribution in [-0.2, 0) is 26.1 Å². The molecular weight excluding hydrogens is 414 g/mol. The zero-order chi connectivity index (χ0) is 22.3. The summed E-state index contributed by atoms with van der Waals surface area (Å²) in [7, 11) is 1.59. The predicted molar refractivity (Wildman–Crippen MR) is 109 cm³/mol. The van der Waals surface area contributed by atoms with Gasteiger partial charge in [0.05, 0.1) is 25.2 Å². The second kappa shape index (κ2) is 10.6. The van der Waals surface area contributed by atoms with Crippen molar-refractivity contribution >= 4 is 41.4 Å². The number of rotatable bonds is 10. The minimum absolute atomic E-state index is 0.00123. The number of hydrogen-bond acceptors (Lipinski definition) is 10. The van der Waals surface area contributed by atoms with E-state index in [1.807, 2.05) is 0 Å². The van der Waals surface area contributed by atoms with Gasteiger partial charge in [0.1, 0.15) is 17.4 Å². The molecule has 0 saturated carbocycles. The van der Waals surface area contributed by atoms with E-state index in [-0.39, 0.29) is 36.3 Å². The fourth-order valence-corrected chi connectivity index (χ4v) is 3.42. The Morgan fingerprint density at radius 1 is 1.20 bits per heavy atom. The molecule has 2 heterocycles. The van der Waals surface area contributed by atoms with E-state index in [9.17, 15) is 14.4 Å². The third-order valence-electron chi connectivity index (χ3n) is 3.99. The quantitative estimate of drug-likeness (QED) is 0.404. The number of nitrogen functional groups attached to an aromatic ring is 1. The van der Waals surface area contributed by atoms with Gasteiger partial charge >= 0.3 is 11.9 Å². The molecule has 12 nitrogen and oxygen atoms in total. The number of esters is 2. The van der Waals surface area contributed by atoms with E-state index >= 15 is 0 Å². The second-order valence-electron chi connectivity index (χ2n) is 5.97. The molecule has 0 spiro atoms. The number of nitrogens with zero attached hydrogens (tertiary/aromatic N) is 5. The molecule has 3 N–H and O–H groups in total. The molecule has 2 aromatic rings. The van der Waals surface area contributed by atoms with Crippen LogP contribution in [0, 0.1) is 0 Å². The van der Waals surface area contributed by atoms with E-state index in [1.165, 1.54) is 15.4 Å². The largest absolute Gasteiger partial charge is 0.465 e. The van der Waals surface area contributed by atoms with Gasteiger partial charge in [0, 0.05) is 7.05 Å². The van der Waals surface area contributed by atoms with E-state index in [2.05, 4.69) is 20.6 Å². The number of ether oxygens (including phenoxy) is 2. The van der Waals surface area contributed by atoms with Gasteiger partial charge in [-0.3, -0.25) is 18.8 Å². The zero-order valence-electron chi connectivity index (χ0n) is 17.2. The maximum atomic E-state index is 13.0. The van der Waals surface area contributed by atoms with Crippen molar-refractivity contribution in [3.63, 3.8) is 0 Å². The number of nitrogens with one attached hydrogen (secondary N) is 1. The minimum Gasteiger partial charge on any atom is -0.465 e. The van der Waals surface area contributed by atoms with Crippen LogP contribution in [0.2, 0.25) is 0 Å². The minimum atomic E-state index is -0.783. The Hall–Kier alpha value is -3.09. The second-order valence-corrected chi connectivity index (χ2v) is 6.91. The number of aromatic nitrogens is 5. The standard InChI is InChI=1S/C17H25N7O5S/c1-5-11(24-16(18)21-22-17(24)30-9-12(25)28-6-2)14(26)20-13-10(8-19-23(13)4)15(27)29-7-3/h8,11H,5-7,9H2,1-4H3,(H2,18,21)(H,20,26). The highest BCUT2D eigenvalue weighted by atomic mass is 32.2. The van der Waals surface area contributed by atoms with E-state index < -0.39 is 23.9 Å². The zero-order valence-corrected chi connectivity index (χ0v) is 18.1. The number of amides is 1. The summed E-state index contributed by atoms with van der Waals surface area (Å²) in [6, 6.07) is -0.783. The first-order chi connectivity index (χ1) is 14.3. The summed E-state index contributed by atoms with van der Waals surface area (Å²) in [4.78, 5) is 36.8.